The van der Waals surface area contributed by atoms with Gasteiger partial charge in [0.25, 0.3) is 0 Å². The van der Waals surface area contributed by atoms with E-state index < -0.39 is 74.5 Å². The predicted molar refractivity (Wildman–Crippen MR) is 72.6 cm³/mol. The summed E-state index contributed by atoms with van der Waals surface area (Å²) in [6.45, 7) is -1.17. The Bertz CT molecular complexity index is 386. The summed E-state index contributed by atoms with van der Waals surface area (Å²) in [5.41, 5.74) is 11.3. The van der Waals surface area contributed by atoms with Gasteiger partial charge in [0.1, 0.15) is 36.6 Å². The molecule has 0 aliphatic carbocycles. The molecule has 136 valence electrons. The molecule has 2 aliphatic heterocycles. The van der Waals surface area contributed by atoms with Crippen LogP contribution >= 0.6 is 0 Å². The van der Waals surface area contributed by atoms with E-state index in [2.05, 4.69) is 0 Å². The topological polar surface area (TPSA) is 201 Å². The van der Waals surface area contributed by atoms with Crippen molar-refractivity contribution in [2.75, 3.05) is 13.2 Å². The first-order valence-electron chi connectivity index (χ1n) is 7.23. The van der Waals surface area contributed by atoms with Crippen LogP contribution in [0.5, 0.6) is 0 Å². The molecule has 10 atom stereocenters. The second-order valence-electron chi connectivity index (χ2n) is 5.70. The highest BCUT2D eigenvalue weighted by Crippen LogP contribution is 2.27. The molecular weight excluding hydrogens is 316 g/mol. The fourth-order valence-electron chi connectivity index (χ4n) is 2.65. The molecule has 0 aromatic rings. The molecule has 2 fully saturated rings. The van der Waals surface area contributed by atoms with E-state index in [0.717, 1.165) is 0 Å². The standard InChI is InChI=1S/C12H24N2O9/c13-5-9(19)10(4(2-16)21-11(5)20)23-12-6(14)8(18)7(17)3(1-15)22-12/h3-12,15-20H,1-2,13-14H2/t3?,4?,5?,6?,7-,8?,9?,10+,11+,12-/m0/s1. The van der Waals surface area contributed by atoms with Crippen molar-refractivity contribution >= 4 is 0 Å². The highest BCUT2D eigenvalue weighted by molar-refractivity contribution is 4.95. The van der Waals surface area contributed by atoms with Gasteiger partial charge in [0.2, 0.25) is 0 Å². The van der Waals surface area contributed by atoms with E-state index in [9.17, 15) is 25.5 Å². The highest BCUT2D eigenvalue weighted by Gasteiger charge is 2.49. The van der Waals surface area contributed by atoms with Crippen molar-refractivity contribution < 1.29 is 44.8 Å². The van der Waals surface area contributed by atoms with Crippen LogP contribution in [0.2, 0.25) is 0 Å². The molecule has 11 nitrogen and oxygen atoms in total. The van der Waals surface area contributed by atoms with Gasteiger partial charge in [-0.1, -0.05) is 0 Å². The predicted octanol–water partition coefficient (Wildman–Crippen LogP) is -5.46. The van der Waals surface area contributed by atoms with Gasteiger partial charge in [-0.05, 0) is 0 Å². The Morgan fingerprint density at radius 1 is 0.783 bits per heavy atom. The average molecular weight is 340 g/mol. The zero-order valence-corrected chi connectivity index (χ0v) is 12.3. The lowest BCUT2D eigenvalue weighted by Crippen LogP contribution is -2.67. The third-order valence-electron chi connectivity index (χ3n) is 4.14. The van der Waals surface area contributed by atoms with Gasteiger partial charge in [-0.25, -0.2) is 0 Å². The van der Waals surface area contributed by atoms with Crippen LogP contribution in [0.15, 0.2) is 0 Å². The van der Waals surface area contributed by atoms with Crippen LogP contribution in [0.3, 0.4) is 0 Å². The summed E-state index contributed by atoms with van der Waals surface area (Å²) in [5.74, 6) is 0. The Kier molecular flexibility index (Phi) is 6.27. The van der Waals surface area contributed by atoms with E-state index in [4.69, 9.17) is 30.8 Å². The van der Waals surface area contributed by atoms with Crippen molar-refractivity contribution in [3.05, 3.63) is 0 Å². The average Bonchev–Trinajstić information content (AvgIpc) is 2.55. The molecule has 0 aromatic carbocycles. The Hall–Kier alpha value is -0.440. The molecule has 2 rings (SSSR count). The van der Waals surface area contributed by atoms with Crippen LogP contribution in [0.25, 0.3) is 0 Å². The quantitative estimate of drug-likeness (QED) is 0.242. The zero-order chi connectivity index (χ0) is 17.3. The summed E-state index contributed by atoms with van der Waals surface area (Å²) in [6.07, 6.45) is -10.5. The van der Waals surface area contributed by atoms with Gasteiger partial charge in [-0.2, -0.15) is 0 Å². The summed E-state index contributed by atoms with van der Waals surface area (Å²) < 4.78 is 15.8. The maximum absolute atomic E-state index is 10.1. The van der Waals surface area contributed by atoms with E-state index >= 15 is 0 Å². The van der Waals surface area contributed by atoms with Gasteiger partial charge in [0, 0.05) is 0 Å². The minimum absolute atomic E-state index is 0.581. The lowest BCUT2D eigenvalue weighted by atomic mass is 9.95. The number of aliphatic hydroxyl groups excluding tert-OH is 6. The Morgan fingerprint density at radius 3 is 1.96 bits per heavy atom. The fourth-order valence-corrected chi connectivity index (χ4v) is 2.65. The molecule has 11 heteroatoms. The second kappa shape index (κ2) is 7.63. The molecular formula is C12H24N2O9. The normalized spacial score (nSPS) is 51.7. The first-order valence-corrected chi connectivity index (χ1v) is 7.23. The van der Waals surface area contributed by atoms with Crippen molar-refractivity contribution in [3.8, 4) is 0 Å². The van der Waals surface area contributed by atoms with E-state index in [1.807, 2.05) is 0 Å². The van der Waals surface area contributed by atoms with Crippen molar-refractivity contribution in [1.82, 2.24) is 0 Å². The van der Waals surface area contributed by atoms with Gasteiger partial charge in [-0.15, -0.1) is 0 Å². The van der Waals surface area contributed by atoms with Crippen molar-refractivity contribution in [2.45, 2.75) is 61.3 Å². The Labute approximate surface area is 132 Å². The maximum atomic E-state index is 10.1. The number of aliphatic hydroxyl groups is 6. The molecule has 2 aliphatic rings. The summed E-state index contributed by atoms with van der Waals surface area (Å²) in [4.78, 5) is 0. The molecule has 0 saturated carbocycles. The molecule has 6 unspecified atom stereocenters. The van der Waals surface area contributed by atoms with Crippen molar-refractivity contribution in [3.63, 3.8) is 0 Å². The number of rotatable bonds is 4. The maximum Gasteiger partial charge on any atom is 0.176 e. The first kappa shape index (κ1) is 18.9. The summed E-state index contributed by atoms with van der Waals surface area (Å²) in [7, 11) is 0. The SMILES string of the molecule is NC1C(O)[C@@H](O)C(CO)O[C@H]1O[C@@H]1C(CO)O[C@@H](O)C(N)C1O. The Morgan fingerprint density at radius 2 is 1.39 bits per heavy atom. The lowest BCUT2D eigenvalue weighted by Gasteiger charge is -2.45. The van der Waals surface area contributed by atoms with Crippen LogP contribution in [-0.2, 0) is 14.2 Å². The smallest absolute Gasteiger partial charge is 0.176 e. The molecule has 10 N–H and O–H groups in total. The van der Waals surface area contributed by atoms with Crippen LogP contribution in [0, 0.1) is 0 Å². The van der Waals surface area contributed by atoms with E-state index in [1.54, 1.807) is 0 Å². The zero-order valence-electron chi connectivity index (χ0n) is 12.3. The summed E-state index contributed by atoms with van der Waals surface area (Å²) in [6, 6.07) is -2.37. The Balaban J connectivity index is 2.11. The van der Waals surface area contributed by atoms with Crippen LogP contribution in [-0.4, -0.2) is 105 Å². The third kappa shape index (κ3) is 3.65. The lowest BCUT2D eigenvalue weighted by molar-refractivity contribution is -0.324. The molecule has 2 saturated heterocycles. The number of hydrogen-bond acceptors (Lipinski definition) is 11. The van der Waals surface area contributed by atoms with Gasteiger partial charge >= 0.3 is 0 Å². The van der Waals surface area contributed by atoms with Gasteiger partial charge in [0.05, 0.1) is 25.3 Å². The van der Waals surface area contributed by atoms with E-state index in [0.29, 0.717) is 0 Å². The number of hydrogen-bond donors (Lipinski definition) is 8. The molecule has 2 heterocycles. The molecule has 23 heavy (non-hydrogen) atoms. The molecule has 0 amide bonds. The first-order chi connectivity index (χ1) is 10.8. The van der Waals surface area contributed by atoms with Crippen LogP contribution in [0.4, 0.5) is 0 Å². The number of nitrogens with two attached hydrogens (primary N) is 2. The highest BCUT2D eigenvalue weighted by atomic mass is 16.7. The monoisotopic (exact) mass is 340 g/mol. The summed E-state index contributed by atoms with van der Waals surface area (Å²) >= 11 is 0. The summed E-state index contributed by atoms with van der Waals surface area (Å²) in [5, 5.41) is 57.7. The minimum atomic E-state index is -1.49. The molecule has 0 spiro atoms. The minimum Gasteiger partial charge on any atom is -0.394 e. The van der Waals surface area contributed by atoms with Gasteiger partial charge < -0.3 is 56.3 Å². The molecule has 0 bridgehead atoms. The second-order valence-corrected chi connectivity index (χ2v) is 5.70. The third-order valence-corrected chi connectivity index (χ3v) is 4.14. The molecule has 0 radical (unpaired) electrons. The van der Waals surface area contributed by atoms with Gasteiger partial charge in [0.15, 0.2) is 12.6 Å². The van der Waals surface area contributed by atoms with Gasteiger partial charge in [-0.3, -0.25) is 0 Å². The van der Waals surface area contributed by atoms with E-state index in [-0.39, 0.29) is 0 Å². The number of ether oxygens (including phenoxy) is 3. The van der Waals surface area contributed by atoms with Crippen LogP contribution < -0.4 is 11.5 Å². The van der Waals surface area contributed by atoms with Crippen molar-refractivity contribution in [1.29, 1.82) is 0 Å². The van der Waals surface area contributed by atoms with Crippen molar-refractivity contribution in [2.24, 2.45) is 11.5 Å². The molecule has 0 aromatic heterocycles. The largest absolute Gasteiger partial charge is 0.394 e. The van der Waals surface area contributed by atoms with Crippen LogP contribution in [0.1, 0.15) is 0 Å². The fraction of sp³-hybridized carbons (Fsp3) is 1.00. The van der Waals surface area contributed by atoms with E-state index in [1.165, 1.54) is 0 Å².